The average molecular weight is 292 g/mol. The van der Waals surface area contributed by atoms with E-state index in [1.807, 2.05) is 0 Å². The lowest BCUT2D eigenvalue weighted by Gasteiger charge is -2.09. The molecule has 0 atom stereocenters. The molecule has 19 heavy (non-hydrogen) atoms. The summed E-state index contributed by atoms with van der Waals surface area (Å²) in [5, 5.41) is 5.23. The first kappa shape index (κ1) is 18.2. The zero-order chi connectivity index (χ0) is 13.2. The van der Waals surface area contributed by atoms with Crippen molar-refractivity contribution in [1.82, 2.24) is 10.6 Å². The SMILES string of the molecule is Cl.NCC(=O)NCC(=O)NCCCCC1CCCC1. The van der Waals surface area contributed by atoms with Crippen LogP contribution in [-0.4, -0.2) is 31.4 Å². The predicted molar refractivity (Wildman–Crippen MR) is 78.1 cm³/mol. The summed E-state index contributed by atoms with van der Waals surface area (Å²) in [6.07, 6.45) is 9.05. The van der Waals surface area contributed by atoms with E-state index >= 15 is 0 Å². The van der Waals surface area contributed by atoms with E-state index in [1.54, 1.807) is 0 Å². The zero-order valence-electron chi connectivity index (χ0n) is 11.5. The highest BCUT2D eigenvalue weighted by atomic mass is 35.5. The number of halogens is 1. The third-order valence-electron chi connectivity index (χ3n) is 3.47. The van der Waals surface area contributed by atoms with Crippen LogP contribution in [0, 0.1) is 5.92 Å². The van der Waals surface area contributed by atoms with Gasteiger partial charge in [-0.3, -0.25) is 9.59 Å². The molecule has 0 aromatic heterocycles. The van der Waals surface area contributed by atoms with Crippen molar-refractivity contribution in [3.8, 4) is 0 Å². The smallest absolute Gasteiger partial charge is 0.239 e. The summed E-state index contributed by atoms with van der Waals surface area (Å²) in [5.74, 6) is 0.480. The number of nitrogens with two attached hydrogens (primary N) is 1. The Bertz CT molecular complexity index is 269. The van der Waals surface area contributed by atoms with Crippen molar-refractivity contribution >= 4 is 24.2 Å². The van der Waals surface area contributed by atoms with E-state index in [-0.39, 0.29) is 37.3 Å². The summed E-state index contributed by atoms with van der Waals surface area (Å²) >= 11 is 0. The number of hydrogen-bond acceptors (Lipinski definition) is 3. The van der Waals surface area contributed by atoms with Gasteiger partial charge in [0.05, 0.1) is 13.1 Å². The minimum Gasteiger partial charge on any atom is -0.355 e. The molecule has 1 saturated carbocycles. The van der Waals surface area contributed by atoms with Crippen molar-refractivity contribution in [2.75, 3.05) is 19.6 Å². The molecular weight excluding hydrogens is 266 g/mol. The Hall–Kier alpha value is -0.810. The van der Waals surface area contributed by atoms with Gasteiger partial charge >= 0.3 is 0 Å². The maximum Gasteiger partial charge on any atom is 0.239 e. The first-order valence-electron chi connectivity index (χ1n) is 6.96. The summed E-state index contributed by atoms with van der Waals surface area (Å²) < 4.78 is 0. The van der Waals surface area contributed by atoms with E-state index < -0.39 is 0 Å². The number of nitrogens with one attached hydrogen (secondary N) is 2. The molecule has 0 aliphatic heterocycles. The van der Waals surface area contributed by atoms with Crippen LogP contribution < -0.4 is 16.4 Å². The Morgan fingerprint density at radius 1 is 1.05 bits per heavy atom. The molecule has 2 amide bonds. The van der Waals surface area contributed by atoms with Crippen LogP contribution in [0.4, 0.5) is 0 Å². The number of carbonyl (C=O) groups is 2. The molecule has 0 aromatic carbocycles. The maximum absolute atomic E-state index is 11.3. The van der Waals surface area contributed by atoms with E-state index in [0.29, 0.717) is 6.54 Å². The molecular formula is C13H26ClN3O2. The summed E-state index contributed by atoms with van der Waals surface area (Å²) in [5.41, 5.74) is 5.11. The van der Waals surface area contributed by atoms with Crippen LogP contribution in [0.3, 0.4) is 0 Å². The van der Waals surface area contributed by atoms with Gasteiger partial charge in [0, 0.05) is 6.54 Å². The Balaban J connectivity index is 0.00000324. The lowest BCUT2D eigenvalue weighted by Crippen LogP contribution is -2.39. The van der Waals surface area contributed by atoms with E-state index in [2.05, 4.69) is 10.6 Å². The van der Waals surface area contributed by atoms with Crippen LogP contribution in [0.2, 0.25) is 0 Å². The minimum absolute atomic E-state index is 0. The van der Waals surface area contributed by atoms with Crippen molar-refractivity contribution in [1.29, 1.82) is 0 Å². The molecule has 0 bridgehead atoms. The Labute approximate surface area is 121 Å². The third kappa shape index (κ3) is 8.83. The van der Waals surface area contributed by atoms with E-state index in [4.69, 9.17) is 5.73 Å². The van der Waals surface area contributed by atoms with Crippen LogP contribution in [0.15, 0.2) is 0 Å². The number of carbonyl (C=O) groups excluding carboxylic acids is 2. The molecule has 0 saturated heterocycles. The lowest BCUT2D eigenvalue weighted by atomic mass is 10.0. The molecule has 0 radical (unpaired) electrons. The van der Waals surface area contributed by atoms with E-state index in [0.717, 1.165) is 12.3 Å². The van der Waals surface area contributed by atoms with Gasteiger partial charge in [0.2, 0.25) is 11.8 Å². The highest BCUT2D eigenvalue weighted by molar-refractivity contribution is 5.85. The van der Waals surface area contributed by atoms with E-state index in [9.17, 15) is 9.59 Å². The molecule has 6 heteroatoms. The van der Waals surface area contributed by atoms with Gasteiger partial charge in [-0.15, -0.1) is 12.4 Å². The molecule has 5 nitrogen and oxygen atoms in total. The minimum atomic E-state index is -0.300. The maximum atomic E-state index is 11.3. The second-order valence-electron chi connectivity index (χ2n) is 4.98. The van der Waals surface area contributed by atoms with Gasteiger partial charge in [0.1, 0.15) is 0 Å². The summed E-state index contributed by atoms with van der Waals surface area (Å²) in [6, 6.07) is 0. The molecule has 1 rings (SSSR count). The second kappa shape index (κ2) is 11.1. The topological polar surface area (TPSA) is 84.2 Å². The second-order valence-corrected chi connectivity index (χ2v) is 4.98. The fourth-order valence-electron chi connectivity index (χ4n) is 2.40. The number of hydrogen-bond donors (Lipinski definition) is 3. The Morgan fingerprint density at radius 3 is 2.37 bits per heavy atom. The van der Waals surface area contributed by atoms with Gasteiger partial charge in [-0.05, 0) is 12.3 Å². The highest BCUT2D eigenvalue weighted by Gasteiger charge is 2.13. The third-order valence-corrected chi connectivity index (χ3v) is 3.47. The van der Waals surface area contributed by atoms with Crippen LogP contribution in [-0.2, 0) is 9.59 Å². The monoisotopic (exact) mass is 291 g/mol. The van der Waals surface area contributed by atoms with Crippen molar-refractivity contribution in [3.63, 3.8) is 0 Å². The number of unbranched alkanes of at least 4 members (excludes halogenated alkanes) is 1. The van der Waals surface area contributed by atoms with Crippen molar-refractivity contribution in [3.05, 3.63) is 0 Å². The standard InChI is InChI=1S/C13H25N3O2.ClH/c14-9-12(17)16-10-13(18)15-8-4-3-7-11-5-1-2-6-11;/h11H,1-10,14H2,(H,15,18)(H,16,17);1H. The van der Waals surface area contributed by atoms with Gasteiger partial charge in [-0.1, -0.05) is 38.5 Å². The molecule has 0 unspecified atom stereocenters. The molecule has 1 aliphatic carbocycles. The summed E-state index contributed by atoms with van der Waals surface area (Å²) in [4.78, 5) is 22.1. The normalized spacial score (nSPS) is 14.8. The molecule has 0 spiro atoms. The predicted octanol–water partition coefficient (Wildman–Crippen LogP) is 0.960. The molecule has 0 heterocycles. The van der Waals surface area contributed by atoms with Crippen LogP contribution in [0.1, 0.15) is 44.9 Å². The highest BCUT2D eigenvalue weighted by Crippen LogP contribution is 2.28. The van der Waals surface area contributed by atoms with Gasteiger partial charge in [-0.25, -0.2) is 0 Å². The zero-order valence-corrected chi connectivity index (χ0v) is 12.3. The lowest BCUT2D eigenvalue weighted by molar-refractivity contribution is -0.125. The van der Waals surface area contributed by atoms with Gasteiger partial charge in [-0.2, -0.15) is 0 Å². The summed E-state index contributed by atoms with van der Waals surface area (Å²) in [6.45, 7) is 0.650. The Morgan fingerprint density at radius 2 is 1.74 bits per heavy atom. The van der Waals surface area contributed by atoms with Crippen molar-refractivity contribution < 1.29 is 9.59 Å². The quantitative estimate of drug-likeness (QED) is 0.582. The molecule has 112 valence electrons. The van der Waals surface area contributed by atoms with Gasteiger partial charge in [0.15, 0.2) is 0 Å². The van der Waals surface area contributed by atoms with Crippen LogP contribution >= 0.6 is 12.4 Å². The number of rotatable bonds is 8. The van der Waals surface area contributed by atoms with Gasteiger partial charge < -0.3 is 16.4 Å². The molecule has 0 aromatic rings. The fraction of sp³-hybridized carbons (Fsp3) is 0.846. The van der Waals surface area contributed by atoms with Crippen LogP contribution in [0.25, 0.3) is 0 Å². The summed E-state index contributed by atoms with van der Waals surface area (Å²) in [7, 11) is 0. The first-order valence-corrected chi connectivity index (χ1v) is 6.96. The molecule has 1 fully saturated rings. The van der Waals surface area contributed by atoms with Gasteiger partial charge in [0.25, 0.3) is 0 Å². The van der Waals surface area contributed by atoms with Crippen molar-refractivity contribution in [2.24, 2.45) is 11.7 Å². The molecule has 1 aliphatic rings. The van der Waals surface area contributed by atoms with Crippen molar-refractivity contribution in [2.45, 2.75) is 44.9 Å². The fourth-order valence-corrected chi connectivity index (χ4v) is 2.40. The largest absolute Gasteiger partial charge is 0.355 e. The average Bonchev–Trinajstić information content (AvgIpc) is 2.88. The Kier molecular flexibility index (Phi) is 10.6. The van der Waals surface area contributed by atoms with E-state index in [1.165, 1.54) is 38.5 Å². The number of amides is 2. The van der Waals surface area contributed by atoms with Crippen LogP contribution in [0.5, 0.6) is 0 Å². The first-order chi connectivity index (χ1) is 8.72. The molecule has 4 N–H and O–H groups in total.